The van der Waals surface area contributed by atoms with Crippen molar-refractivity contribution in [3.63, 3.8) is 0 Å². The number of ether oxygens (including phenoxy) is 1. The summed E-state index contributed by atoms with van der Waals surface area (Å²) in [4.78, 5) is 41.5. The highest BCUT2D eigenvalue weighted by atomic mass is 16.5. The van der Waals surface area contributed by atoms with E-state index in [0.717, 1.165) is 11.1 Å². The van der Waals surface area contributed by atoms with Crippen LogP contribution in [0.5, 0.6) is 5.75 Å². The molecule has 7 nitrogen and oxygen atoms in total. The Hall–Kier alpha value is -3.35. The highest BCUT2D eigenvalue weighted by Gasteiger charge is 2.52. The van der Waals surface area contributed by atoms with E-state index in [-0.39, 0.29) is 24.4 Å². The molecule has 4 rings (SSSR count). The van der Waals surface area contributed by atoms with Crippen LogP contribution in [0, 0.1) is 6.92 Å². The summed E-state index contributed by atoms with van der Waals surface area (Å²) in [5.74, 6) is 0.313. The van der Waals surface area contributed by atoms with Crippen molar-refractivity contribution in [1.82, 2.24) is 15.1 Å². The van der Waals surface area contributed by atoms with Gasteiger partial charge in [-0.25, -0.2) is 4.79 Å². The summed E-state index contributed by atoms with van der Waals surface area (Å²) in [6.07, 6.45) is 0.167. The van der Waals surface area contributed by atoms with Crippen LogP contribution in [0.4, 0.5) is 4.79 Å². The molecule has 0 aromatic heterocycles. The SMILES string of the molecule is Cc1ccc(CN2C(=O)NC3(CCN(C(=O)[C@H](C)Oc4ccccc4)CC3)C2=O)cc1. The van der Waals surface area contributed by atoms with Gasteiger partial charge in [0.05, 0.1) is 6.54 Å². The second kappa shape index (κ2) is 8.41. The van der Waals surface area contributed by atoms with E-state index in [9.17, 15) is 14.4 Å². The lowest BCUT2D eigenvalue weighted by atomic mass is 9.87. The second-order valence-corrected chi connectivity index (χ2v) is 8.29. The van der Waals surface area contributed by atoms with Crippen LogP contribution < -0.4 is 10.1 Å². The fourth-order valence-electron chi connectivity index (χ4n) is 4.15. The lowest BCUT2D eigenvalue weighted by molar-refractivity contribution is -0.142. The average Bonchev–Trinajstić information content (AvgIpc) is 3.00. The molecule has 2 aliphatic heterocycles. The lowest BCUT2D eigenvalue weighted by Gasteiger charge is -2.38. The zero-order chi connectivity index (χ0) is 22.0. The molecule has 2 aliphatic rings. The molecule has 0 unspecified atom stereocenters. The fraction of sp³-hybridized carbons (Fsp3) is 0.375. The number of likely N-dealkylation sites (tertiary alicyclic amines) is 1. The van der Waals surface area contributed by atoms with Crippen LogP contribution in [0.15, 0.2) is 54.6 Å². The number of carbonyl (C=O) groups excluding carboxylic acids is 3. The molecule has 0 aliphatic carbocycles. The molecule has 2 heterocycles. The Morgan fingerprint density at radius 3 is 2.35 bits per heavy atom. The Labute approximate surface area is 182 Å². The Bertz CT molecular complexity index is 966. The first-order chi connectivity index (χ1) is 14.9. The van der Waals surface area contributed by atoms with Gasteiger partial charge < -0.3 is 15.0 Å². The van der Waals surface area contributed by atoms with E-state index < -0.39 is 11.6 Å². The molecule has 4 amide bonds. The topological polar surface area (TPSA) is 79.0 Å². The minimum absolute atomic E-state index is 0.119. The Balaban J connectivity index is 1.37. The van der Waals surface area contributed by atoms with Crippen LogP contribution in [0.2, 0.25) is 0 Å². The average molecular weight is 421 g/mol. The Morgan fingerprint density at radius 2 is 1.71 bits per heavy atom. The first kappa shape index (κ1) is 20.9. The zero-order valence-electron chi connectivity index (χ0n) is 17.8. The third kappa shape index (κ3) is 4.26. The number of imide groups is 1. The number of carbonyl (C=O) groups is 3. The fourth-order valence-corrected chi connectivity index (χ4v) is 4.15. The largest absolute Gasteiger partial charge is 0.481 e. The number of hydrogen-bond donors (Lipinski definition) is 1. The van der Waals surface area contributed by atoms with Gasteiger partial charge >= 0.3 is 6.03 Å². The van der Waals surface area contributed by atoms with Gasteiger partial charge in [0.25, 0.3) is 11.8 Å². The predicted octanol–water partition coefficient (Wildman–Crippen LogP) is 2.88. The van der Waals surface area contributed by atoms with E-state index in [2.05, 4.69) is 5.32 Å². The summed E-state index contributed by atoms with van der Waals surface area (Å²) >= 11 is 0. The number of aryl methyl sites for hydroxylation is 1. The quantitative estimate of drug-likeness (QED) is 0.753. The van der Waals surface area contributed by atoms with Gasteiger partial charge in [0.15, 0.2) is 6.10 Å². The van der Waals surface area contributed by atoms with Gasteiger partial charge in [0.2, 0.25) is 0 Å². The highest BCUT2D eigenvalue weighted by molar-refractivity contribution is 6.07. The summed E-state index contributed by atoms with van der Waals surface area (Å²) in [6, 6.07) is 16.6. The third-order valence-corrected chi connectivity index (χ3v) is 6.04. The van der Waals surface area contributed by atoms with Gasteiger partial charge in [0, 0.05) is 13.1 Å². The number of nitrogens with zero attached hydrogens (tertiary/aromatic N) is 2. The number of rotatable bonds is 5. The van der Waals surface area contributed by atoms with Crippen LogP contribution in [-0.2, 0) is 16.1 Å². The number of amides is 4. The van der Waals surface area contributed by atoms with Crippen molar-refractivity contribution in [1.29, 1.82) is 0 Å². The van der Waals surface area contributed by atoms with E-state index in [1.54, 1.807) is 11.8 Å². The van der Waals surface area contributed by atoms with Crippen molar-refractivity contribution in [2.75, 3.05) is 13.1 Å². The standard InChI is InChI=1S/C24H27N3O4/c1-17-8-10-19(11-9-17)16-27-22(29)24(25-23(27)30)12-14-26(15-13-24)21(28)18(2)31-20-6-4-3-5-7-20/h3-11,18H,12-16H2,1-2H3,(H,25,30)/t18-/m0/s1. The van der Waals surface area contributed by atoms with Gasteiger partial charge in [-0.05, 0) is 44.4 Å². The maximum absolute atomic E-state index is 13.1. The smallest absolute Gasteiger partial charge is 0.325 e. The van der Waals surface area contributed by atoms with Crippen molar-refractivity contribution in [2.24, 2.45) is 0 Å². The Kier molecular flexibility index (Phi) is 5.67. The minimum atomic E-state index is -0.928. The molecule has 7 heteroatoms. The predicted molar refractivity (Wildman–Crippen MR) is 115 cm³/mol. The Morgan fingerprint density at radius 1 is 1.06 bits per heavy atom. The molecule has 1 atom stereocenters. The number of nitrogens with one attached hydrogen (secondary N) is 1. The molecular weight excluding hydrogens is 394 g/mol. The summed E-state index contributed by atoms with van der Waals surface area (Å²) < 4.78 is 5.74. The third-order valence-electron chi connectivity index (χ3n) is 6.04. The summed E-state index contributed by atoms with van der Waals surface area (Å²) in [7, 11) is 0. The lowest BCUT2D eigenvalue weighted by Crippen LogP contribution is -2.57. The van der Waals surface area contributed by atoms with Crippen LogP contribution in [0.1, 0.15) is 30.9 Å². The van der Waals surface area contributed by atoms with Crippen LogP contribution in [0.25, 0.3) is 0 Å². The van der Waals surface area contributed by atoms with Gasteiger partial charge in [-0.2, -0.15) is 0 Å². The van der Waals surface area contributed by atoms with Gasteiger partial charge in [-0.1, -0.05) is 48.0 Å². The summed E-state index contributed by atoms with van der Waals surface area (Å²) in [6.45, 7) is 4.76. The van der Waals surface area contributed by atoms with Crippen molar-refractivity contribution in [3.05, 3.63) is 65.7 Å². The van der Waals surface area contributed by atoms with Gasteiger partial charge in [0.1, 0.15) is 11.3 Å². The van der Waals surface area contributed by atoms with Crippen molar-refractivity contribution in [3.8, 4) is 5.75 Å². The summed E-state index contributed by atoms with van der Waals surface area (Å²) in [5.41, 5.74) is 1.10. The molecule has 0 saturated carbocycles. The summed E-state index contributed by atoms with van der Waals surface area (Å²) in [5, 5.41) is 2.90. The molecule has 0 radical (unpaired) electrons. The molecule has 1 spiro atoms. The molecule has 0 bridgehead atoms. The van der Waals surface area contributed by atoms with Crippen molar-refractivity contribution < 1.29 is 19.1 Å². The van der Waals surface area contributed by atoms with E-state index >= 15 is 0 Å². The zero-order valence-corrected chi connectivity index (χ0v) is 17.8. The molecular formula is C24H27N3O4. The minimum Gasteiger partial charge on any atom is -0.481 e. The molecule has 1 N–H and O–H groups in total. The van der Waals surface area contributed by atoms with Gasteiger partial charge in [-0.3, -0.25) is 14.5 Å². The number of benzene rings is 2. The second-order valence-electron chi connectivity index (χ2n) is 8.29. The molecule has 162 valence electrons. The van der Waals surface area contributed by atoms with Crippen LogP contribution >= 0.6 is 0 Å². The van der Waals surface area contributed by atoms with E-state index in [1.165, 1.54) is 4.90 Å². The molecule has 2 fully saturated rings. The molecule has 2 saturated heterocycles. The normalized spacial score (nSPS) is 18.8. The van der Waals surface area contributed by atoms with Crippen LogP contribution in [-0.4, -0.2) is 52.4 Å². The number of piperidine rings is 1. The maximum Gasteiger partial charge on any atom is 0.325 e. The maximum atomic E-state index is 13.1. The first-order valence-corrected chi connectivity index (χ1v) is 10.6. The van der Waals surface area contributed by atoms with Crippen molar-refractivity contribution in [2.45, 2.75) is 44.9 Å². The first-order valence-electron chi connectivity index (χ1n) is 10.6. The molecule has 2 aromatic rings. The van der Waals surface area contributed by atoms with E-state index in [1.807, 2.05) is 61.5 Å². The van der Waals surface area contributed by atoms with Crippen LogP contribution in [0.3, 0.4) is 0 Å². The highest BCUT2D eigenvalue weighted by Crippen LogP contribution is 2.31. The number of urea groups is 1. The molecule has 31 heavy (non-hydrogen) atoms. The van der Waals surface area contributed by atoms with Crippen molar-refractivity contribution >= 4 is 17.8 Å². The van der Waals surface area contributed by atoms with Gasteiger partial charge in [-0.15, -0.1) is 0 Å². The number of hydrogen-bond acceptors (Lipinski definition) is 4. The van der Waals surface area contributed by atoms with E-state index in [0.29, 0.717) is 31.7 Å². The molecule has 2 aromatic carbocycles. The monoisotopic (exact) mass is 421 g/mol. The number of para-hydroxylation sites is 1. The van der Waals surface area contributed by atoms with E-state index in [4.69, 9.17) is 4.74 Å².